The zero-order valence-corrected chi connectivity index (χ0v) is 9.99. The van der Waals surface area contributed by atoms with Crippen LogP contribution in [-0.2, 0) is 9.59 Å². The molecule has 100 valence electrons. The van der Waals surface area contributed by atoms with Crippen LogP contribution >= 0.6 is 0 Å². The molecule has 1 amide bonds. The summed E-state index contributed by atoms with van der Waals surface area (Å²) >= 11 is 0. The van der Waals surface area contributed by atoms with Gasteiger partial charge in [-0.3, -0.25) is 9.59 Å². The molecule has 1 heterocycles. The van der Waals surface area contributed by atoms with E-state index in [0.717, 1.165) is 19.4 Å². The third kappa shape index (κ3) is 5.60. The highest BCUT2D eigenvalue weighted by Gasteiger charge is 2.33. The average Bonchev–Trinajstić information content (AvgIpc) is 2.69. The number of carbonyl (C=O) groups is 2. The highest BCUT2D eigenvalue weighted by Crippen LogP contribution is 2.18. The van der Waals surface area contributed by atoms with Crippen molar-refractivity contribution in [3.05, 3.63) is 0 Å². The Hall–Kier alpha value is -1.20. The molecule has 0 bridgehead atoms. The van der Waals surface area contributed by atoms with Crippen LogP contribution in [0.2, 0.25) is 0 Å². The van der Waals surface area contributed by atoms with E-state index in [-0.39, 0.29) is 12.3 Å². The predicted octanol–water partition coefficient (Wildman–Crippen LogP) is 2.34. The predicted molar refractivity (Wildman–Crippen MR) is 58.7 cm³/mol. The number of carboxylic acid groups (broad SMARTS) is 1. The topological polar surface area (TPSA) is 57.6 Å². The van der Waals surface area contributed by atoms with Gasteiger partial charge in [0.1, 0.15) is 0 Å². The highest BCUT2D eigenvalue weighted by molar-refractivity contribution is 5.86. The minimum atomic E-state index is -0.848. The number of carbonyl (C=O) groups excluding carboxylic acids is 1. The number of likely N-dealkylation sites (tertiary alicyclic amines) is 1. The van der Waals surface area contributed by atoms with Gasteiger partial charge < -0.3 is 10.0 Å². The summed E-state index contributed by atoms with van der Waals surface area (Å²) in [4.78, 5) is 23.8. The molecule has 1 aliphatic rings. The molecule has 0 aliphatic carbocycles. The fourth-order valence-corrected chi connectivity index (χ4v) is 1.88. The first kappa shape index (κ1) is 15.8. The second-order valence-corrected chi connectivity index (χ2v) is 4.14. The summed E-state index contributed by atoms with van der Waals surface area (Å²) < 4.78 is 16.0. The van der Waals surface area contributed by atoms with Crippen LogP contribution in [0.5, 0.6) is 0 Å². The first-order valence-corrected chi connectivity index (χ1v) is 5.80. The molecule has 1 rings (SSSR count). The van der Waals surface area contributed by atoms with Crippen LogP contribution in [-0.4, -0.2) is 35.0 Å². The van der Waals surface area contributed by atoms with E-state index in [1.165, 1.54) is 12.8 Å². The van der Waals surface area contributed by atoms with E-state index >= 15 is 0 Å². The van der Waals surface area contributed by atoms with Crippen LogP contribution in [0.1, 0.15) is 39.0 Å². The standard InChI is InChI=1S/C11H19NO3.F2/c1-2-3-4-5-6-12-8-9(11(14)15)7-10(12)13;1-2/h9H,2-8H2,1H3,(H,14,15);. The van der Waals surface area contributed by atoms with Gasteiger partial charge in [0, 0.05) is 28.7 Å². The van der Waals surface area contributed by atoms with Gasteiger partial charge in [0.05, 0.1) is 5.92 Å². The molecule has 4 nitrogen and oxygen atoms in total. The van der Waals surface area contributed by atoms with Crippen molar-refractivity contribution in [2.24, 2.45) is 5.92 Å². The summed E-state index contributed by atoms with van der Waals surface area (Å²) in [6.07, 6.45) is 4.66. The van der Waals surface area contributed by atoms with Crippen LogP contribution in [0.3, 0.4) is 0 Å². The van der Waals surface area contributed by atoms with Crippen molar-refractivity contribution in [3.63, 3.8) is 0 Å². The van der Waals surface area contributed by atoms with Gasteiger partial charge in [0.25, 0.3) is 0 Å². The number of nitrogens with zero attached hydrogens (tertiary/aromatic N) is 1. The van der Waals surface area contributed by atoms with Crippen molar-refractivity contribution in [1.82, 2.24) is 4.90 Å². The van der Waals surface area contributed by atoms with E-state index in [0.29, 0.717) is 6.54 Å². The highest BCUT2D eigenvalue weighted by atomic mass is 20.0. The third-order valence-electron chi connectivity index (χ3n) is 2.85. The molecule has 6 heteroatoms. The largest absolute Gasteiger partial charge is 0.481 e. The zero-order valence-electron chi connectivity index (χ0n) is 9.99. The summed E-state index contributed by atoms with van der Waals surface area (Å²) in [6, 6.07) is 0. The van der Waals surface area contributed by atoms with Gasteiger partial charge in [-0.25, -0.2) is 0 Å². The van der Waals surface area contributed by atoms with Crippen LogP contribution in [0, 0.1) is 5.92 Å². The molecule has 1 saturated heterocycles. The van der Waals surface area contributed by atoms with Gasteiger partial charge >= 0.3 is 5.97 Å². The second kappa shape index (κ2) is 8.90. The van der Waals surface area contributed by atoms with Gasteiger partial charge in [-0.2, -0.15) is 0 Å². The summed E-state index contributed by atoms with van der Waals surface area (Å²) in [5.74, 6) is -1.33. The Balaban J connectivity index is 0.00000121. The Bertz CT molecular complexity index is 249. The maximum absolute atomic E-state index is 11.4. The van der Waals surface area contributed by atoms with Crippen LogP contribution in [0.15, 0.2) is 0 Å². The maximum atomic E-state index is 11.4. The molecule has 1 fully saturated rings. The smallest absolute Gasteiger partial charge is 0.308 e. The Kier molecular flexibility index (Phi) is 8.27. The number of amides is 1. The molecule has 1 N–H and O–H groups in total. The lowest BCUT2D eigenvalue weighted by molar-refractivity contribution is -0.141. The molecule has 1 unspecified atom stereocenters. The summed E-state index contributed by atoms with van der Waals surface area (Å²) in [6.45, 7) is 3.27. The number of rotatable bonds is 6. The molecule has 0 aromatic rings. The number of unbranched alkanes of at least 4 members (excludes halogenated alkanes) is 3. The van der Waals surface area contributed by atoms with Crippen LogP contribution < -0.4 is 0 Å². The molecule has 1 aliphatic heterocycles. The Morgan fingerprint density at radius 3 is 2.53 bits per heavy atom. The average molecular weight is 251 g/mol. The van der Waals surface area contributed by atoms with Crippen LogP contribution in [0.4, 0.5) is 9.15 Å². The van der Waals surface area contributed by atoms with Gasteiger partial charge in [-0.1, -0.05) is 26.2 Å². The number of halogens is 2. The van der Waals surface area contributed by atoms with Crippen molar-refractivity contribution < 1.29 is 23.8 Å². The maximum Gasteiger partial charge on any atom is 0.308 e. The van der Waals surface area contributed by atoms with Gasteiger partial charge in [0.15, 0.2) is 0 Å². The first-order valence-electron chi connectivity index (χ1n) is 5.80. The lowest BCUT2D eigenvalue weighted by Crippen LogP contribution is -2.27. The lowest BCUT2D eigenvalue weighted by Gasteiger charge is -2.15. The fourth-order valence-electron chi connectivity index (χ4n) is 1.88. The first-order chi connectivity index (χ1) is 8.15. The van der Waals surface area contributed by atoms with Crippen molar-refractivity contribution in [1.29, 1.82) is 0 Å². The Labute approximate surface area is 99.5 Å². The minimum Gasteiger partial charge on any atom is -0.481 e. The van der Waals surface area contributed by atoms with Crippen molar-refractivity contribution in [2.75, 3.05) is 13.1 Å². The molecular formula is C11H19F2NO3. The summed E-state index contributed by atoms with van der Waals surface area (Å²) in [5, 5.41) is 8.78. The molecule has 0 spiro atoms. The number of hydrogen-bond acceptors (Lipinski definition) is 2. The lowest BCUT2D eigenvalue weighted by atomic mass is 10.1. The van der Waals surface area contributed by atoms with Crippen molar-refractivity contribution in [3.8, 4) is 0 Å². The number of aliphatic carboxylic acids is 1. The Morgan fingerprint density at radius 1 is 1.41 bits per heavy atom. The molecule has 0 saturated carbocycles. The van der Waals surface area contributed by atoms with E-state index in [2.05, 4.69) is 6.92 Å². The van der Waals surface area contributed by atoms with E-state index in [4.69, 9.17) is 14.3 Å². The zero-order chi connectivity index (χ0) is 13.3. The molecule has 1 atom stereocenters. The summed E-state index contributed by atoms with van der Waals surface area (Å²) in [5.41, 5.74) is 0. The van der Waals surface area contributed by atoms with E-state index in [1.807, 2.05) is 0 Å². The molecule has 0 aromatic carbocycles. The van der Waals surface area contributed by atoms with Gasteiger partial charge in [-0.15, -0.1) is 0 Å². The molecule has 0 aromatic heterocycles. The monoisotopic (exact) mass is 251 g/mol. The normalized spacial score (nSPS) is 18.9. The van der Waals surface area contributed by atoms with E-state index in [1.54, 1.807) is 4.90 Å². The van der Waals surface area contributed by atoms with Gasteiger partial charge in [-0.05, 0) is 6.42 Å². The summed E-state index contributed by atoms with van der Waals surface area (Å²) in [7, 11) is 0. The molecular weight excluding hydrogens is 232 g/mol. The quantitative estimate of drug-likeness (QED) is 0.737. The third-order valence-corrected chi connectivity index (χ3v) is 2.85. The molecule has 17 heavy (non-hydrogen) atoms. The van der Waals surface area contributed by atoms with E-state index < -0.39 is 11.9 Å². The minimum absolute atomic E-state index is 0.00102. The fraction of sp³-hybridized carbons (Fsp3) is 0.818. The SMILES string of the molecule is CCCCCCN1CC(C(=O)O)CC1=O.FF. The second-order valence-electron chi connectivity index (χ2n) is 4.14. The van der Waals surface area contributed by atoms with E-state index in [9.17, 15) is 9.59 Å². The number of carboxylic acids is 1. The van der Waals surface area contributed by atoms with Crippen molar-refractivity contribution in [2.45, 2.75) is 39.0 Å². The van der Waals surface area contributed by atoms with Crippen molar-refractivity contribution >= 4 is 11.9 Å². The number of hydrogen-bond donors (Lipinski definition) is 1. The van der Waals surface area contributed by atoms with Crippen LogP contribution in [0.25, 0.3) is 0 Å². The van der Waals surface area contributed by atoms with Gasteiger partial charge in [0.2, 0.25) is 5.91 Å². The molecule has 0 radical (unpaired) electrons. The Morgan fingerprint density at radius 2 is 2.06 bits per heavy atom.